The number of Topliss-reactive ketones (excluding diaryl/α,β-unsaturated/α-hetero) is 1. The summed E-state index contributed by atoms with van der Waals surface area (Å²) in [6.45, 7) is 0. The molecule has 2 aliphatic rings. The van der Waals surface area contributed by atoms with E-state index in [1.165, 1.54) is 0 Å². The third kappa shape index (κ3) is 3.30. The second kappa shape index (κ2) is 7.28. The molecule has 2 aromatic carbocycles. The molecular formula is C22H21ClN2O2. The van der Waals surface area contributed by atoms with E-state index < -0.39 is 11.5 Å². The Morgan fingerprint density at radius 3 is 2.37 bits per heavy atom. The van der Waals surface area contributed by atoms with E-state index in [-0.39, 0.29) is 17.6 Å². The summed E-state index contributed by atoms with van der Waals surface area (Å²) in [5.41, 5.74) is 2.82. The first-order valence-electron chi connectivity index (χ1n) is 9.24. The number of carbonyl (C=O) groups excluding carboxylic acids is 2. The number of alkyl halides is 1. The number of nitrogens with zero attached hydrogens (tertiary/aromatic N) is 1. The van der Waals surface area contributed by atoms with Crippen molar-refractivity contribution in [3.05, 3.63) is 65.7 Å². The number of amides is 1. The minimum atomic E-state index is -0.767. The molecule has 0 bridgehead atoms. The lowest BCUT2D eigenvalue weighted by Crippen LogP contribution is -2.49. The van der Waals surface area contributed by atoms with E-state index in [9.17, 15) is 9.59 Å². The van der Waals surface area contributed by atoms with Gasteiger partial charge >= 0.3 is 0 Å². The Bertz CT molecular complexity index is 898. The summed E-state index contributed by atoms with van der Waals surface area (Å²) in [7, 11) is 0. The van der Waals surface area contributed by atoms with Crippen LogP contribution in [-0.2, 0) is 15.5 Å². The summed E-state index contributed by atoms with van der Waals surface area (Å²) in [5, 5.41) is 3.02. The van der Waals surface area contributed by atoms with Gasteiger partial charge in [0.2, 0.25) is 5.91 Å². The first-order chi connectivity index (χ1) is 13.1. The van der Waals surface area contributed by atoms with Crippen molar-refractivity contribution >= 4 is 34.7 Å². The summed E-state index contributed by atoms with van der Waals surface area (Å²) in [6, 6.07) is 17.3. The molecule has 4 nitrogen and oxygen atoms in total. The summed E-state index contributed by atoms with van der Waals surface area (Å²) in [5.74, 6) is -0.703. The Morgan fingerprint density at radius 1 is 1.00 bits per heavy atom. The van der Waals surface area contributed by atoms with Gasteiger partial charge in [0, 0.05) is 11.6 Å². The van der Waals surface area contributed by atoms with Crippen LogP contribution in [0.5, 0.6) is 0 Å². The fourth-order valence-electron chi connectivity index (χ4n) is 4.12. The number of carbonyl (C=O) groups is 2. The maximum absolute atomic E-state index is 13.3. The summed E-state index contributed by atoms with van der Waals surface area (Å²) in [6.07, 6.45) is 2.63. The fourth-order valence-corrected chi connectivity index (χ4v) is 4.36. The average Bonchev–Trinajstić information content (AvgIpc) is 2.94. The zero-order valence-electron chi connectivity index (χ0n) is 15.0. The van der Waals surface area contributed by atoms with Gasteiger partial charge in [0.25, 0.3) is 0 Å². The fraction of sp³-hybridized carbons (Fsp3) is 0.318. The highest BCUT2D eigenvalue weighted by Gasteiger charge is 2.53. The predicted octanol–water partition coefficient (Wildman–Crippen LogP) is 4.29. The molecule has 4 rings (SSSR count). The Kier molecular flexibility index (Phi) is 4.83. The Balaban J connectivity index is 1.55. The van der Waals surface area contributed by atoms with Crippen LogP contribution in [0.1, 0.15) is 42.7 Å². The highest BCUT2D eigenvalue weighted by atomic mass is 35.5. The number of rotatable bonds is 3. The van der Waals surface area contributed by atoms with Crippen LogP contribution < -0.4 is 5.32 Å². The zero-order chi connectivity index (χ0) is 18.9. The molecule has 0 radical (unpaired) electrons. The molecule has 1 heterocycles. The lowest BCUT2D eigenvalue weighted by atomic mass is 9.76. The topological polar surface area (TPSA) is 58.5 Å². The van der Waals surface area contributed by atoms with Crippen LogP contribution in [0.4, 0.5) is 5.69 Å². The number of benzene rings is 2. The smallest absolute Gasteiger partial charge is 0.235 e. The van der Waals surface area contributed by atoms with E-state index in [0.29, 0.717) is 25.7 Å². The van der Waals surface area contributed by atoms with Gasteiger partial charge in [-0.2, -0.15) is 0 Å². The second-order valence-corrected chi connectivity index (χ2v) is 7.48. The maximum atomic E-state index is 13.3. The third-order valence-electron chi connectivity index (χ3n) is 5.59. The molecule has 138 valence electrons. The van der Waals surface area contributed by atoms with Crippen LogP contribution in [0.15, 0.2) is 59.6 Å². The van der Waals surface area contributed by atoms with Crippen LogP contribution in [0.3, 0.4) is 0 Å². The molecule has 1 spiro atoms. The van der Waals surface area contributed by atoms with Gasteiger partial charge in [0.15, 0.2) is 5.78 Å². The lowest BCUT2D eigenvalue weighted by molar-refractivity contribution is -0.125. The highest BCUT2D eigenvalue weighted by Crippen LogP contribution is 2.39. The molecule has 2 aromatic rings. The quantitative estimate of drug-likeness (QED) is 0.637. The average molecular weight is 381 g/mol. The molecule has 1 unspecified atom stereocenters. The van der Waals surface area contributed by atoms with Crippen LogP contribution in [0.25, 0.3) is 0 Å². The van der Waals surface area contributed by atoms with Crippen molar-refractivity contribution < 1.29 is 9.59 Å². The van der Waals surface area contributed by atoms with Gasteiger partial charge < -0.3 is 5.32 Å². The number of hydrogen-bond donors (Lipinski definition) is 1. The van der Waals surface area contributed by atoms with Crippen LogP contribution in [0.2, 0.25) is 0 Å². The number of ketones is 1. The van der Waals surface area contributed by atoms with E-state index in [1.54, 1.807) is 0 Å². The standard InChI is InChI=1S/C22H21ClN2O2/c23-14-15-6-4-5-9-18(15)19-20(26)22(25-21(19)27)12-10-17(11-13-22)24-16-7-2-1-3-8-16/h1-9,19H,10-14H2,(H,25,27). The number of hydrogen-bond acceptors (Lipinski definition) is 3. The van der Waals surface area contributed by atoms with Gasteiger partial charge in [0.1, 0.15) is 11.5 Å². The molecule has 2 fully saturated rings. The van der Waals surface area contributed by atoms with Crippen molar-refractivity contribution in [1.82, 2.24) is 5.32 Å². The zero-order valence-corrected chi connectivity index (χ0v) is 15.7. The minimum Gasteiger partial charge on any atom is -0.343 e. The molecule has 1 saturated carbocycles. The monoisotopic (exact) mass is 380 g/mol. The van der Waals surface area contributed by atoms with Gasteiger partial charge in [-0.25, -0.2) is 0 Å². The highest BCUT2D eigenvalue weighted by molar-refractivity contribution is 6.19. The summed E-state index contributed by atoms with van der Waals surface area (Å²) < 4.78 is 0. The molecule has 1 aliphatic carbocycles. The van der Waals surface area contributed by atoms with Gasteiger partial charge in [-0.05, 0) is 48.9 Å². The number of halogens is 1. The van der Waals surface area contributed by atoms with Crippen molar-refractivity contribution in [2.24, 2.45) is 4.99 Å². The van der Waals surface area contributed by atoms with Gasteiger partial charge in [0.05, 0.1) is 5.69 Å². The third-order valence-corrected chi connectivity index (χ3v) is 5.88. The molecule has 1 saturated heterocycles. The first kappa shape index (κ1) is 17.9. The van der Waals surface area contributed by atoms with E-state index in [2.05, 4.69) is 5.32 Å². The van der Waals surface area contributed by atoms with Crippen LogP contribution in [-0.4, -0.2) is 22.9 Å². The molecule has 5 heteroatoms. The van der Waals surface area contributed by atoms with Gasteiger partial charge in [-0.15, -0.1) is 11.6 Å². The van der Waals surface area contributed by atoms with E-state index in [0.717, 1.165) is 22.5 Å². The normalized spacial score (nSPS) is 24.9. The van der Waals surface area contributed by atoms with Crippen molar-refractivity contribution in [3.63, 3.8) is 0 Å². The van der Waals surface area contributed by atoms with E-state index in [4.69, 9.17) is 16.6 Å². The van der Waals surface area contributed by atoms with Crippen molar-refractivity contribution in [2.45, 2.75) is 43.0 Å². The molecular weight excluding hydrogens is 360 g/mol. The van der Waals surface area contributed by atoms with Crippen molar-refractivity contribution in [2.75, 3.05) is 0 Å². The minimum absolute atomic E-state index is 0.0242. The van der Waals surface area contributed by atoms with Crippen molar-refractivity contribution in [3.8, 4) is 0 Å². The van der Waals surface area contributed by atoms with Crippen LogP contribution in [0, 0.1) is 0 Å². The molecule has 1 amide bonds. The Labute approximate surface area is 163 Å². The second-order valence-electron chi connectivity index (χ2n) is 7.21. The number of nitrogens with one attached hydrogen (secondary N) is 1. The first-order valence-corrected chi connectivity index (χ1v) is 9.78. The summed E-state index contributed by atoms with van der Waals surface area (Å²) in [4.78, 5) is 30.7. The molecule has 1 N–H and O–H groups in total. The molecule has 1 aliphatic heterocycles. The van der Waals surface area contributed by atoms with Gasteiger partial charge in [-0.1, -0.05) is 42.5 Å². The predicted molar refractivity (Wildman–Crippen MR) is 107 cm³/mol. The Morgan fingerprint density at radius 2 is 1.67 bits per heavy atom. The largest absolute Gasteiger partial charge is 0.343 e. The van der Waals surface area contributed by atoms with Gasteiger partial charge in [-0.3, -0.25) is 14.6 Å². The SMILES string of the molecule is O=C1NC2(CCC(=Nc3ccccc3)CC2)C(=O)C1c1ccccc1CCl. The summed E-state index contributed by atoms with van der Waals surface area (Å²) >= 11 is 6.02. The van der Waals surface area contributed by atoms with E-state index in [1.807, 2.05) is 54.6 Å². The van der Waals surface area contributed by atoms with Crippen LogP contribution >= 0.6 is 11.6 Å². The number of aliphatic imine (C=N–C) groups is 1. The molecule has 0 aromatic heterocycles. The molecule has 1 atom stereocenters. The van der Waals surface area contributed by atoms with Crippen molar-refractivity contribution in [1.29, 1.82) is 0 Å². The number of para-hydroxylation sites is 1. The van der Waals surface area contributed by atoms with E-state index >= 15 is 0 Å². The Hall–Kier alpha value is -2.46. The maximum Gasteiger partial charge on any atom is 0.235 e. The molecule has 27 heavy (non-hydrogen) atoms. The lowest BCUT2D eigenvalue weighted by Gasteiger charge is -2.32.